The third kappa shape index (κ3) is 2.98. The van der Waals surface area contributed by atoms with Gasteiger partial charge in [-0.1, -0.05) is 11.6 Å². The van der Waals surface area contributed by atoms with E-state index < -0.39 is 0 Å². The summed E-state index contributed by atoms with van der Waals surface area (Å²) in [4.78, 5) is 29.5. The summed E-state index contributed by atoms with van der Waals surface area (Å²) >= 11 is 6.06. The van der Waals surface area contributed by atoms with Crippen molar-refractivity contribution < 1.29 is 18.7 Å². The van der Waals surface area contributed by atoms with E-state index in [1.54, 1.807) is 24.3 Å². The van der Waals surface area contributed by atoms with Crippen LogP contribution in [0.3, 0.4) is 0 Å². The van der Waals surface area contributed by atoms with E-state index in [9.17, 15) is 9.59 Å². The molecule has 0 unspecified atom stereocenters. The van der Waals surface area contributed by atoms with Crippen molar-refractivity contribution in [3.8, 4) is 5.75 Å². The number of hydrogen-bond donors (Lipinski definition) is 0. The van der Waals surface area contributed by atoms with Crippen molar-refractivity contribution in [2.45, 2.75) is 32.4 Å². The highest BCUT2D eigenvalue weighted by Gasteiger charge is 2.48. The third-order valence-corrected chi connectivity index (χ3v) is 5.77. The van der Waals surface area contributed by atoms with Gasteiger partial charge in [0.05, 0.1) is 24.8 Å². The number of ether oxygens (including phenoxy) is 1. The van der Waals surface area contributed by atoms with Gasteiger partial charge >= 0.3 is 0 Å². The molecule has 2 bridgehead atoms. The molecule has 2 fully saturated rings. The second-order valence-electron chi connectivity index (χ2n) is 7.15. The molecule has 1 aromatic heterocycles. The van der Waals surface area contributed by atoms with E-state index in [1.165, 1.54) is 7.11 Å². The zero-order valence-corrected chi connectivity index (χ0v) is 16.2. The van der Waals surface area contributed by atoms with E-state index in [0.717, 1.165) is 17.7 Å². The highest BCUT2D eigenvalue weighted by atomic mass is 35.5. The molecular formula is C20H21ClN2O4. The van der Waals surface area contributed by atoms with Crippen LogP contribution in [0.5, 0.6) is 5.75 Å². The molecular weight excluding hydrogens is 368 g/mol. The Morgan fingerprint density at radius 2 is 1.78 bits per heavy atom. The molecule has 2 aromatic rings. The summed E-state index contributed by atoms with van der Waals surface area (Å²) in [6, 6.07) is 6.80. The molecule has 4 rings (SSSR count). The van der Waals surface area contributed by atoms with Crippen LogP contribution in [0.15, 0.2) is 28.7 Å². The Hall–Kier alpha value is -2.47. The maximum atomic E-state index is 13.0. The lowest BCUT2D eigenvalue weighted by molar-refractivity contribution is 0.0507. The molecule has 1 aromatic carbocycles. The average Bonchev–Trinajstić information content (AvgIpc) is 3.35. The summed E-state index contributed by atoms with van der Waals surface area (Å²) in [6.45, 7) is 4.78. The first-order chi connectivity index (χ1) is 12.9. The summed E-state index contributed by atoms with van der Waals surface area (Å²) in [6.07, 6.45) is 0.777. The molecule has 2 saturated heterocycles. The number of aryl methyl sites for hydroxylation is 2. The molecule has 2 amide bonds. The first kappa shape index (κ1) is 17.9. The van der Waals surface area contributed by atoms with Gasteiger partial charge in [-0.05, 0) is 50.1 Å². The standard InChI is InChI=1S/C20H21ClN2O4/c1-11-6-18(27-12(11)2)20(25)23-10-14-8-15(23)9-22(14)19(24)16-7-13(21)4-5-17(16)26-3/h4-7,14-15H,8-10H2,1-3H3/t14-,15-/m0/s1. The van der Waals surface area contributed by atoms with Gasteiger partial charge in [0.25, 0.3) is 11.8 Å². The normalized spacial score (nSPS) is 21.0. The number of likely N-dealkylation sites (tertiary alicyclic amines) is 2. The second kappa shape index (κ2) is 6.60. The fraction of sp³-hybridized carbons (Fsp3) is 0.400. The van der Waals surface area contributed by atoms with Crippen molar-refractivity contribution >= 4 is 23.4 Å². The summed E-state index contributed by atoms with van der Waals surface area (Å²) in [5, 5.41) is 0.490. The van der Waals surface area contributed by atoms with Crippen LogP contribution in [0.4, 0.5) is 0 Å². The van der Waals surface area contributed by atoms with Gasteiger partial charge in [-0.2, -0.15) is 0 Å². The number of furan rings is 1. The molecule has 0 saturated carbocycles. The van der Waals surface area contributed by atoms with Gasteiger partial charge in [0, 0.05) is 18.1 Å². The number of carbonyl (C=O) groups is 2. The number of benzene rings is 1. The van der Waals surface area contributed by atoms with E-state index in [4.69, 9.17) is 20.8 Å². The minimum Gasteiger partial charge on any atom is -0.496 e. The summed E-state index contributed by atoms with van der Waals surface area (Å²) < 4.78 is 10.9. The SMILES string of the molecule is COc1ccc(Cl)cc1C(=O)N1C[C@@H]2C[C@H]1CN2C(=O)c1cc(C)c(C)o1. The van der Waals surface area contributed by atoms with Gasteiger partial charge < -0.3 is 19.0 Å². The van der Waals surface area contributed by atoms with Crippen LogP contribution in [-0.2, 0) is 0 Å². The minimum atomic E-state index is -0.112. The highest BCUT2D eigenvalue weighted by Crippen LogP contribution is 2.35. The third-order valence-electron chi connectivity index (χ3n) is 5.53. The average molecular weight is 389 g/mol. The fourth-order valence-corrected chi connectivity index (χ4v) is 4.16. The number of amides is 2. The largest absolute Gasteiger partial charge is 0.496 e. The van der Waals surface area contributed by atoms with Gasteiger partial charge in [-0.15, -0.1) is 0 Å². The van der Waals surface area contributed by atoms with Crippen LogP contribution in [0.25, 0.3) is 0 Å². The number of fused-ring (bicyclic) bond motifs is 2. The predicted molar refractivity (Wildman–Crippen MR) is 100 cm³/mol. The van der Waals surface area contributed by atoms with Gasteiger partial charge in [0.15, 0.2) is 5.76 Å². The number of methoxy groups -OCH3 is 1. The lowest BCUT2D eigenvalue weighted by atomic mass is 10.1. The van der Waals surface area contributed by atoms with E-state index in [2.05, 4.69) is 0 Å². The summed E-state index contributed by atoms with van der Waals surface area (Å²) in [5.41, 5.74) is 1.42. The lowest BCUT2D eigenvalue weighted by Crippen LogP contribution is -2.50. The van der Waals surface area contributed by atoms with Crippen molar-refractivity contribution in [2.75, 3.05) is 20.2 Å². The molecule has 0 N–H and O–H groups in total. The van der Waals surface area contributed by atoms with Crippen molar-refractivity contribution in [3.05, 3.63) is 51.9 Å². The van der Waals surface area contributed by atoms with Crippen molar-refractivity contribution in [2.24, 2.45) is 0 Å². The molecule has 0 spiro atoms. The molecule has 0 radical (unpaired) electrons. The van der Waals surface area contributed by atoms with Crippen LogP contribution < -0.4 is 4.74 Å². The molecule has 142 valence electrons. The van der Waals surface area contributed by atoms with E-state index in [0.29, 0.717) is 35.2 Å². The van der Waals surface area contributed by atoms with Crippen molar-refractivity contribution in [1.82, 2.24) is 9.80 Å². The van der Waals surface area contributed by atoms with E-state index in [1.807, 2.05) is 23.6 Å². The molecule has 3 heterocycles. The Bertz CT molecular complexity index is 903. The molecule has 27 heavy (non-hydrogen) atoms. The highest BCUT2D eigenvalue weighted by molar-refractivity contribution is 6.31. The number of halogens is 1. The number of carbonyl (C=O) groups excluding carboxylic acids is 2. The fourth-order valence-electron chi connectivity index (χ4n) is 3.99. The smallest absolute Gasteiger partial charge is 0.289 e. The Balaban J connectivity index is 1.51. The minimum absolute atomic E-state index is 0.00217. The summed E-state index contributed by atoms with van der Waals surface area (Å²) in [7, 11) is 1.53. The van der Waals surface area contributed by atoms with E-state index >= 15 is 0 Å². The van der Waals surface area contributed by atoms with Gasteiger partial charge in [-0.25, -0.2) is 0 Å². The quantitative estimate of drug-likeness (QED) is 0.809. The molecule has 6 nitrogen and oxygen atoms in total. The monoisotopic (exact) mass is 388 g/mol. The Morgan fingerprint density at radius 1 is 1.11 bits per heavy atom. The number of piperazine rings is 1. The van der Waals surface area contributed by atoms with Crippen molar-refractivity contribution in [3.63, 3.8) is 0 Å². The van der Waals surface area contributed by atoms with Crippen LogP contribution in [0, 0.1) is 13.8 Å². The number of hydrogen-bond acceptors (Lipinski definition) is 4. The number of nitrogens with zero attached hydrogens (tertiary/aromatic N) is 2. The Kier molecular flexibility index (Phi) is 4.38. The van der Waals surface area contributed by atoms with Gasteiger partial charge in [-0.3, -0.25) is 9.59 Å². The first-order valence-electron chi connectivity index (χ1n) is 8.91. The molecule has 2 aliphatic heterocycles. The maximum Gasteiger partial charge on any atom is 0.289 e. The molecule has 2 aliphatic rings. The van der Waals surface area contributed by atoms with Gasteiger partial charge in [0.1, 0.15) is 11.5 Å². The molecule has 0 aliphatic carbocycles. The molecule has 2 atom stereocenters. The Labute approximate surface area is 162 Å². The second-order valence-corrected chi connectivity index (χ2v) is 7.59. The topological polar surface area (TPSA) is 63.0 Å². The lowest BCUT2D eigenvalue weighted by Gasteiger charge is -2.34. The van der Waals surface area contributed by atoms with Gasteiger partial charge in [0.2, 0.25) is 0 Å². The zero-order chi connectivity index (χ0) is 19.3. The van der Waals surface area contributed by atoms with Crippen LogP contribution in [-0.4, -0.2) is 53.9 Å². The predicted octanol–water partition coefficient (Wildman–Crippen LogP) is 3.30. The van der Waals surface area contributed by atoms with Crippen LogP contribution >= 0.6 is 11.6 Å². The summed E-state index contributed by atoms with van der Waals surface area (Å²) in [5.74, 6) is 1.41. The zero-order valence-electron chi connectivity index (χ0n) is 15.5. The first-order valence-corrected chi connectivity index (χ1v) is 9.29. The van der Waals surface area contributed by atoms with Crippen molar-refractivity contribution in [1.29, 1.82) is 0 Å². The molecule has 7 heteroatoms. The van der Waals surface area contributed by atoms with Crippen LogP contribution in [0.2, 0.25) is 5.02 Å². The van der Waals surface area contributed by atoms with E-state index in [-0.39, 0.29) is 23.9 Å². The van der Waals surface area contributed by atoms with Crippen LogP contribution in [0.1, 0.15) is 38.7 Å². The maximum absolute atomic E-state index is 13.0. The number of rotatable bonds is 3. The Morgan fingerprint density at radius 3 is 2.33 bits per heavy atom.